The van der Waals surface area contributed by atoms with Crippen molar-refractivity contribution < 1.29 is 8.95 Å². The SMILES string of the molecule is CC.COc1ccc(S(N)=O)cc1Nc1nc(-c2ccc(N3CCN(C)CC3)nc2)cs1. The van der Waals surface area contributed by atoms with E-state index in [4.69, 9.17) is 9.88 Å². The number of rotatable bonds is 6. The maximum atomic E-state index is 11.6. The molecule has 0 saturated carbocycles. The van der Waals surface area contributed by atoms with Crippen molar-refractivity contribution in [2.45, 2.75) is 18.7 Å². The molecule has 1 fully saturated rings. The first-order valence-corrected chi connectivity index (χ1v) is 12.6. The lowest BCUT2D eigenvalue weighted by atomic mass is 10.2. The normalized spacial score (nSPS) is 15.0. The first kappa shape index (κ1) is 24.1. The monoisotopic (exact) mass is 474 g/mol. The van der Waals surface area contributed by atoms with Crippen LogP contribution in [0.15, 0.2) is 46.8 Å². The molecule has 1 aromatic carbocycles. The van der Waals surface area contributed by atoms with Crippen LogP contribution in [0.1, 0.15) is 13.8 Å². The van der Waals surface area contributed by atoms with Crippen molar-refractivity contribution in [1.29, 1.82) is 0 Å². The van der Waals surface area contributed by atoms with Crippen molar-refractivity contribution in [2.75, 3.05) is 50.6 Å². The van der Waals surface area contributed by atoms with E-state index < -0.39 is 11.0 Å². The van der Waals surface area contributed by atoms with E-state index >= 15 is 0 Å². The molecule has 3 aromatic rings. The Bertz CT molecular complexity index is 1030. The standard InChI is InChI=1S/C20H24N6O2S2.C2H6/c1-25-7-9-26(10-8-25)19-6-3-14(12-22-19)17-13-29-20(24-17)23-16-11-15(30(21)27)4-5-18(16)28-2;1-2/h3-6,11-13H,7-10,21H2,1-2H3,(H,23,24);1-2H3. The maximum absolute atomic E-state index is 11.6. The third-order valence-electron chi connectivity index (χ3n) is 5.02. The molecule has 0 radical (unpaired) electrons. The molecule has 3 heterocycles. The molecule has 10 heteroatoms. The molecule has 2 aromatic heterocycles. The molecule has 0 spiro atoms. The molecule has 1 atom stereocenters. The second kappa shape index (κ2) is 11.4. The lowest BCUT2D eigenvalue weighted by Crippen LogP contribution is -2.44. The van der Waals surface area contributed by atoms with Gasteiger partial charge in [0.15, 0.2) is 5.13 Å². The summed E-state index contributed by atoms with van der Waals surface area (Å²) in [4.78, 5) is 14.4. The molecule has 0 amide bonds. The van der Waals surface area contributed by atoms with Gasteiger partial charge in [-0.25, -0.2) is 19.3 Å². The van der Waals surface area contributed by atoms with E-state index in [1.54, 1.807) is 25.3 Å². The molecule has 4 rings (SSSR count). The number of likely N-dealkylation sites (N-methyl/N-ethyl adjacent to an activating group) is 1. The van der Waals surface area contributed by atoms with Crippen LogP contribution in [0.3, 0.4) is 0 Å². The fourth-order valence-electron chi connectivity index (χ4n) is 3.25. The van der Waals surface area contributed by atoms with Crippen LogP contribution in [-0.4, -0.2) is 59.4 Å². The van der Waals surface area contributed by atoms with Crippen molar-refractivity contribution in [3.63, 3.8) is 0 Å². The number of nitrogens with two attached hydrogens (primary N) is 1. The second-order valence-electron chi connectivity index (χ2n) is 7.02. The number of thiazole rings is 1. The minimum Gasteiger partial charge on any atom is -0.495 e. The minimum absolute atomic E-state index is 0.513. The Balaban J connectivity index is 0.00000141. The van der Waals surface area contributed by atoms with Gasteiger partial charge in [-0.2, -0.15) is 0 Å². The average molecular weight is 475 g/mol. The average Bonchev–Trinajstić information content (AvgIpc) is 3.29. The number of aromatic nitrogens is 2. The van der Waals surface area contributed by atoms with E-state index in [1.807, 2.05) is 25.4 Å². The van der Waals surface area contributed by atoms with E-state index in [9.17, 15) is 4.21 Å². The molecular formula is C22H30N6O2S2. The number of nitrogens with one attached hydrogen (secondary N) is 1. The zero-order valence-electron chi connectivity index (χ0n) is 18.9. The number of pyridine rings is 1. The van der Waals surface area contributed by atoms with Gasteiger partial charge in [-0.1, -0.05) is 13.8 Å². The summed E-state index contributed by atoms with van der Waals surface area (Å²) in [6.45, 7) is 8.07. The molecule has 32 heavy (non-hydrogen) atoms. The molecule has 1 aliphatic rings. The summed E-state index contributed by atoms with van der Waals surface area (Å²) in [5.74, 6) is 1.62. The summed E-state index contributed by atoms with van der Waals surface area (Å²) in [6.07, 6.45) is 1.87. The fraction of sp³-hybridized carbons (Fsp3) is 0.364. The lowest BCUT2D eigenvalue weighted by Gasteiger charge is -2.33. The van der Waals surface area contributed by atoms with Crippen molar-refractivity contribution >= 4 is 39.0 Å². The summed E-state index contributed by atoms with van der Waals surface area (Å²) in [6, 6.07) is 9.23. The highest BCUT2D eigenvalue weighted by Crippen LogP contribution is 2.32. The Morgan fingerprint density at radius 1 is 1.16 bits per heavy atom. The Labute approximate surface area is 196 Å². The van der Waals surface area contributed by atoms with Crippen molar-refractivity contribution in [3.05, 3.63) is 41.9 Å². The predicted octanol–water partition coefficient (Wildman–Crippen LogP) is 3.72. The molecule has 1 aliphatic heterocycles. The first-order chi connectivity index (χ1) is 15.5. The highest BCUT2D eigenvalue weighted by molar-refractivity contribution is 7.82. The van der Waals surface area contributed by atoms with Crippen LogP contribution in [0, 0.1) is 0 Å². The first-order valence-electron chi connectivity index (χ1n) is 10.5. The van der Waals surface area contributed by atoms with E-state index in [2.05, 4.69) is 44.3 Å². The smallest absolute Gasteiger partial charge is 0.187 e. The lowest BCUT2D eigenvalue weighted by molar-refractivity contribution is 0.312. The Morgan fingerprint density at radius 2 is 1.91 bits per heavy atom. The molecule has 1 saturated heterocycles. The molecule has 0 bridgehead atoms. The summed E-state index contributed by atoms with van der Waals surface area (Å²) in [7, 11) is 2.16. The van der Waals surface area contributed by atoms with E-state index in [0.717, 1.165) is 43.3 Å². The largest absolute Gasteiger partial charge is 0.495 e. The van der Waals surface area contributed by atoms with Gasteiger partial charge in [0.2, 0.25) is 0 Å². The zero-order valence-corrected chi connectivity index (χ0v) is 20.5. The van der Waals surface area contributed by atoms with Gasteiger partial charge in [-0.3, -0.25) is 0 Å². The van der Waals surface area contributed by atoms with Gasteiger partial charge >= 0.3 is 0 Å². The molecule has 0 aliphatic carbocycles. The number of benzene rings is 1. The Kier molecular flexibility index (Phi) is 8.57. The topological polar surface area (TPSA) is 96.6 Å². The number of nitrogens with zero attached hydrogens (tertiary/aromatic N) is 4. The molecule has 8 nitrogen and oxygen atoms in total. The quantitative estimate of drug-likeness (QED) is 0.562. The van der Waals surface area contributed by atoms with Crippen LogP contribution in [0.2, 0.25) is 0 Å². The summed E-state index contributed by atoms with van der Waals surface area (Å²) < 4.78 is 17.0. The number of piperazine rings is 1. The van der Waals surface area contributed by atoms with Crippen molar-refractivity contribution in [1.82, 2.24) is 14.9 Å². The van der Waals surface area contributed by atoms with E-state index in [0.29, 0.717) is 21.5 Å². The molecule has 1 unspecified atom stereocenters. The van der Waals surface area contributed by atoms with Gasteiger partial charge in [-0.15, -0.1) is 11.3 Å². The molecule has 3 N–H and O–H groups in total. The number of ether oxygens (including phenoxy) is 1. The van der Waals surface area contributed by atoms with Gasteiger partial charge in [0.25, 0.3) is 0 Å². The van der Waals surface area contributed by atoms with E-state index in [1.165, 1.54) is 11.3 Å². The van der Waals surface area contributed by atoms with Crippen molar-refractivity contribution in [2.24, 2.45) is 5.14 Å². The van der Waals surface area contributed by atoms with Crippen LogP contribution in [-0.2, 0) is 11.0 Å². The van der Waals surface area contributed by atoms with Gasteiger partial charge in [0.1, 0.15) is 22.6 Å². The van der Waals surface area contributed by atoms with Crippen LogP contribution in [0.5, 0.6) is 5.75 Å². The predicted molar refractivity (Wildman–Crippen MR) is 133 cm³/mol. The molecule has 172 valence electrons. The van der Waals surface area contributed by atoms with Crippen LogP contribution < -0.4 is 20.1 Å². The van der Waals surface area contributed by atoms with Crippen molar-refractivity contribution in [3.8, 4) is 17.0 Å². The fourth-order valence-corrected chi connectivity index (χ4v) is 4.42. The number of methoxy groups -OCH3 is 1. The Morgan fingerprint density at radius 3 is 2.53 bits per heavy atom. The third-order valence-corrected chi connectivity index (χ3v) is 6.50. The van der Waals surface area contributed by atoms with Gasteiger partial charge in [0.05, 0.1) is 23.4 Å². The number of anilines is 3. The number of hydrogen-bond acceptors (Lipinski definition) is 8. The van der Waals surface area contributed by atoms with E-state index in [-0.39, 0.29) is 0 Å². The zero-order chi connectivity index (χ0) is 23.1. The summed E-state index contributed by atoms with van der Waals surface area (Å²) in [5.41, 5.74) is 2.47. The highest BCUT2D eigenvalue weighted by atomic mass is 32.2. The van der Waals surface area contributed by atoms with Crippen LogP contribution in [0.25, 0.3) is 11.3 Å². The van der Waals surface area contributed by atoms with Crippen LogP contribution >= 0.6 is 11.3 Å². The summed E-state index contributed by atoms with van der Waals surface area (Å²) >= 11 is 1.48. The van der Waals surface area contributed by atoms with Gasteiger partial charge in [0, 0.05) is 43.3 Å². The second-order valence-corrected chi connectivity index (χ2v) is 8.94. The molecular weight excluding hydrogens is 444 g/mol. The minimum atomic E-state index is -1.57. The maximum Gasteiger partial charge on any atom is 0.187 e. The third kappa shape index (κ3) is 5.83. The Hall–Kier alpha value is -2.53. The highest BCUT2D eigenvalue weighted by Gasteiger charge is 2.16. The van der Waals surface area contributed by atoms with Gasteiger partial charge in [-0.05, 0) is 37.4 Å². The van der Waals surface area contributed by atoms with Crippen LogP contribution in [0.4, 0.5) is 16.6 Å². The van der Waals surface area contributed by atoms with Gasteiger partial charge < -0.3 is 19.9 Å². The summed E-state index contributed by atoms with van der Waals surface area (Å²) in [5, 5.41) is 11.4. The number of hydrogen-bond donors (Lipinski definition) is 2.